The molecule has 0 radical (unpaired) electrons. The maximum Gasteiger partial charge on any atom is 0.326 e. The van der Waals surface area contributed by atoms with Gasteiger partial charge in [0.25, 0.3) is 5.91 Å². The summed E-state index contributed by atoms with van der Waals surface area (Å²) in [6.45, 7) is 3.18. The molecule has 1 atom stereocenters. The van der Waals surface area contributed by atoms with E-state index in [0.29, 0.717) is 0 Å². The van der Waals surface area contributed by atoms with Gasteiger partial charge in [0.15, 0.2) is 5.76 Å². The first-order valence-corrected chi connectivity index (χ1v) is 9.00. The first kappa shape index (κ1) is 19.7. The lowest BCUT2D eigenvalue weighted by atomic mass is 10.0. The number of carbonyl (C=O) groups excluding carboxylic acids is 2. The number of hydrogen-bond acceptors (Lipinski definition) is 6. The molecule has 0 aliphatic heterocycles. The molecular weight excluding hydrogens is 340 g/mol. The van der Waals surface area contributed by atoms with Crippen molar-refractivity contribution in [2.75, 3.05) is 12.8 Å². The van der Waals surface area contributed by atoms with Crippen molar-refractivity contribution in [2.45, 2.75) is 31.4 Å². The molecule has 1 heterocycles. The first-order chi connectivity index (χ1) is 11.0. The second kappa shape index (κ2) is 7.95. The topological polar surface area (TPSA) is 143 Å². The van der Waals surface area contributed by atoms with Gasteiger partial charge in [0.2, 0.25) is 20.8 Å². The zero-order chi connectivity index (χ0) is 18.5. The van der Waals surface area contributed by atoms with Crippen molar-refractivity contribution in [3.8, 4) is 0 Å². The lowest BCUT2D eigenvalue weighted by molar-refractivity contribution is -0.142. The molecule has 0 aliphatic rings. The van der Waals surface area contributed by atoms with Gasteiger partial charge < -0.3 is 20.2 Å². The summed E-state index contributed by atoms with van der Waals surface area (Å²) >= 11 is 0. The highest BCUT2D eigenvalue weighted by Gasteiger charge is 2.22. The molecule has 0 unspecified atom stereocenters. The quantitative estimate of drug-likeness (QED) is 0.593. The number of carboxylic acids is 1. The van der Waals surface area contributed by atoms with Gasteiger partial charge in [-0.1, -0.05) is 13.8 Å². The number of hydrogen-bond donors (Lipinski definition) is 3. The van der Waals surface area contributed by atoms with Crippen LogP contribution < -0.4 is 10.6 Å². The molecule has 0 saturated heterocycles. The maximum absolute atomic E-state index is 11.8. The Bertz CT molecular complexity index is 721. The predicted octanol–water partition coefficient (Wildman–Crippen LogP) is 0.0284. The Kier molecular flexibility index (Phi) is 6.52. The largest absolute Gasteiger partial charge is 0.480 e. The summed E-state index contributed by atoms with van der Waals surface area (Å²) in [5.41, 5.74) is 0. The van der Waals surface area contributed by atoms with Crippen LogP contribution in [0.3, 0.4) is 0 Å². The van der Waals surface area contributed by atoms with Gasteiger partial charge in [-0.2, -0.15) is 0 Å². The third-order valence-electron chi connectivity index (χ3n) is 2.92. The van der Waals surface area contributed by atoms with Crippen molar-refractivity contribution in [2.24, 2.45) is 5.92 Å². The number of rotatable bonds is 8. The van der Waals surface area contributed by atoms with Crippen LogP contribution in [-0.4, -0.2) is 50.2 Å². The van der Waals surface area contributed by atoms with Gasteiger partial charge in [0.1, 0.15) is 6.04 Å². The number of nitrogens with one attached hydrogen (secondary N) is 2. The van der Waals surface area contributed by atoms with E-state index in [1.165, 1.54) is 6.07 Å². The molecule has 134 valence electrons. The molecule has 0 bridgehead atoms. The second-order valence-corrected chi connectivity index (χ2v) is 7.61. The summed E-state index contributed by atoms with van der Waals surface area (Å²) in [4.78, 5) is 34.6. The van der Waals surface area contributed by atoms with Crippen LogP contribution in [0.2, 0.25) is 0 Å². The van der Waals surface area contributed by atoms with Crippen molar-refractivity contribution in [3.05, 3.63) is 17.9 Å². The number of carboxylic acid groups (broad SMARTS) is 1. The number of furan rings is 1. The second-order valence-electron chi connectivity index (χ2n) is 5.66. The smallest absolute Gasteiger partial charge is 0.326 e. The Labute approximate surface area is 139 Å². The molecule has 9 nitrogen and oxygen atoms in total. The molecule has 0 aromatic carbocycles. The number of sulfone groups is 1. The van der Waals surface area contributed by atoms with Crippen LogP contribution in [0.4, 0.5) is 0 Å². The Morgan fingerprint density at radius 1 is 1.25 bits per heavy atom. The van der Waals surface area contributed by atoms with Gasteiger partial charge in [-0.3, -0.25) is 9.59 Å². The molecule has 0 saturated carbocycles. The fraction of sp³-hybridized carbons (Fsp3) is 0.500. The van der Waals surface area contributed by atoms with E-state index < -0.39 is 40.2 Å². The molecule has 1 aromatic heterocycles. The van der Waals surface area contributed by atoms with Crippen LogP contribution in [0.15, 0.2) is 21.6 Å². The zero-order valence-electron chi connectivity index (χ0n) is 13.5. The van der Waals surface area contributed by atoms with Crippen molar-refractivity contribution in [1.29, 1.82) is 0 Å². The Morgan fingerprint density at radius 2 is 1.88 bits per heavy atom. The van der Waals surface area contributed by atoms with Crippen LogP contribution >= 0.6 is 0 Å². The molecule has 10 heteroatoms. The van der Waals surface area contributed by atoms with Crippen LogP contribution in [0.1, 0.15) is 30.8 Å². The molecule has 0 fully saturated rings. The molecule has 0 aliphatic carbocycles. The average molecular weight is 360 g/mol. The number of carbonyl (C=O) groups is 3. The van der Waals surface area contributed by atoms with Crippen LogP contribution in [0, 0.1) is 5.92 Å². The normalized spacial score (nSPS) is 12.7. The standard InChI is InChI=1S/C14H20N2O7S/c1-8(2)6-9(14(19)20)16-11(17)7-15-13(18)10-4-5-12(23-10)24(3,21)22/h4-5,8-9H,6-7H2,1-3H3,(H,15,18)(H,16,17)(H,19,20)/t9-/m0/s1. The summed E-state index contributed by atoms with van der Waals surface area (Å²) in [6, 6.07) is 1.26. The monoisotopic (exact) mass is 360 g/mol. The lowest BCUT2D eigenvalue weighted by Gasteiger charge is -2.16. The highest BCUT2D eigenvalue weighted by atomic mass is 32.2. The van der Waals surface area contributed by atoms with Crippen LogP contribution in [-0.2, 0) is 19.4 Å². The van der Waals surface area contributed by atoms with Gasteiger partial charge in [-0.05, 0) is 24.5 Å². The van der Waals surface area contributed by atoms with Crippen LogP contribution in [0.25, 0.3) is 0 Å². The fourth-order valence-electron chi connectivity index (χ4n) is 1.83. The maximum atomic E-state index is 11.8. The van der Waals surface area contributed by atoms with E-state index in [0.717, 1.165) is 12.3 Å². The van der Waals surface area contributed by atoms with Gasteiger partial charge in [-0.15, -0.1) is 0 Å². The summed E-state index contributed by atoms with van der Waals surface area (Å²) < 4.78 is 27.4. The van der Waals surface area contributed by atoms with E-state index >= 15 is 0 Å². The SMILES string of the molecule is CC(C)C[C@H](NC(=O)CNC(=O)c1ccc(S(C)(=O)=O)o1)C(=O)O. The number of aliphatic carboxylic acids is 1. The lowest BCUT2D eigenvalue weighted by Crippen LogP contribution is -2.46. The van der Waals surface area contributed by atoms with E-state index in [-0.39, 0.29) is 23.2 Å². The van der Waals surface area contributed by atoms with Crippen molar-refractivity contribution in [3.63, 3.8) is 0 Å². The van der Waals surface area contributed by atoms with E-state index in [1.807, 2.05) is 13.8 Å². The van der Waals surface area contributed by atoms with E-state index in [4.69, 9.17) is 9.52 Å². The van der Waals surface area contributed by atoms with Crippen LogP contribution in [0.5, 0.6) is 0 Å². The zero-order valence-corrected chi connectivity index (χ0v) is 14.3. The minimum absolute atomic E-state index is 0.0681. The summed E-state index contributed by atoms with van der Waals surface area (Å²) in [7, 11) is -3.58. The van der Waals surface area contributed by atoms with Crippen molar-refractivity contribution >= 4 is 27.6 Å². The predicted molar refractivity (Wildman–Crippen MR) is 83.2 cm³/mol. The summed E-state index contributed by atoms with van der Waals surface area (Å²) in [5, 5.41) is 13.2. The molecule has 1 rings (SSSR count). The van der Waals surface area contributed by atoms with Gasteiger partial charge in [0, 0.05) is 6.26 Å². The van der Waals surface area contributed by atoms with Gasteiger partial charge in [0.05, 0.1) is 6.54 Å². The minimum atomic E-state index is -3.58. The Balaban J connectivity index is 2.58. The Morgan fingerprint density at radius 3 is 2.33 bits per heavy atom. The molecule has 2 amide bonds. The number of amides is 2. The van der Waals surface area contributed by atoms with Gasteiger partial charge in [-0.25, -0.2) is 13.2 Å². The first-order valence-electron chi connectivity index (χ1n) is 7.11. The van der Waals surface area contributed by atoms with E-state index in [9.17, 15) is 22.8 Å². The van der Waals surface area contributed by atoms with Gasteiger partial charge >= 0.3 is 5.97 Å². The van der Waals surface area contributed by atoms with E-state index in [2.05, 4.69) is 10.6 Å². The molecule has 24 heavy (non-hydrogen) atoms. The summed E-state index contributed by atoms with van der Waals surface area (Å²) in [6.07, 6.45) is 1.19. The third kappa shape index (κ3) is 6.03. The molecular formula is C14H20N2O7S. The van der Waals surface area contributed by atoms with Crippen molar-refractivity contribution in [1.82, 2.24) is 10.6 Å². The Hall–Kier alpha value is -2.36. The minimum Gasteiger partial charge on any atom is -0.480 e. The average Bonchev–Trinajstić information content (AvgIpc) is 2.93. The molecule has 1 aromatic rings. The third-order valence-corrected chi connectivity index (χ3v) is 3.87. The van der Waals surface area contributed by atoms with E-state index in [1.54, 1.807) is 0 Å². The fourth-order valence-corrected chi connectivity index (χ4v) is 2.38. The molecule has 3 N–H and O–H groups in total. The summed E-state index contributed by atoms with van der Waals surface area (Å²) in [5.74, 6) is -2.81. The highest BCUT2D eigenvalue weighted by molar-refractivity contribution is 7.90. The highest BCUT2D eigenvalue weighted by Crippen LogP contribution is 2.13. The molecule has 0 spiro atoms. The van der Waals surface area contributed by atoms with Crippen molar-refractivity contribution < 1.29 is 32.3 Å².